The van der Waals surface area contributed by atoms with Gasteiger partial charge < -0.3 is 10.5 Å². The van der Waals surface area contributed by atoms with E-state index in [9.17, 15) is 4.39 Å². The third-order valence-corrected chi connectivity index (χ3v) is 3.85. The fourth-order valence-electron chi connectivity index (χ4n) is 2.02. The van der Waals surface area contributed by atoms with Gasteiger partial charge in [0.1, 0.15) is 11.6 Å². The first-order valence-corrected chi connectivity index (χ1v) is 7.53. The Bertz CT molecular complexity index is 601. The van der Waals surface area contributed by atoms with Crippen LogP contribution in [0.4, 0.5) is 4.39 Å². The van der Waals surface area contributed by atoms with Crippen molar-refractivity contribution >= 4 is 22.6 Å². The maximum absolute atomic E-state index is 13.2. The summed E-state index contributed by atoms with van der Waals surface area (Å²) in [5.74, 6) is 0.521. The highest BCUT2D eigenvalue weighted by atomic mass is 127. The molecule has 2 rings (SSSR count). The van der Waals surface area contributed by atoms with Crippen LogP contribution in [0.1, 0.15) is 31.0 Å². The van der Waals surface area contributed by atoms with E-state index in [0.29, 0.717) is 0 Å². The van der Waals surface area contributed by atoms with E-state index in [1.165, 1.54) is 12.1 Å². The number of ether oxygens (including phenoxy) is 1. The maximum atomic E-state index is 13.2. The van der Waals surface area contributed by atoms with Crippen molar-refractivity contribution in [1.29, 1.82) is 0 Å². The molecule has 0 aliphatic heterocycles. The van der Waals surface area contributed by atoms with Crippen LogP contribution < -0.4 is 10.5 Å². The highest BCUT2D eigenvalue weighted by Crippen LogP contribution is 2.31. The van der Waals surface area contributed by atoms with Crippen LogP contribution in [-0.4, -0.2) is 6.10 Å². The monoisotopic (exact) mass is 385 g/mol. The fourth-order valence-corrected chi connectivity index (χ4v) is 2.83. The normalized spacial score (nSPS) is 12.5. The van der Waals surface area contributed by atoms with Gasteiger partial charge in [-0.2, -0.15) is 0 Å². The quantitative estimate of drug-likeness (QED) is 0.799. The van der Waals surface area contributed by atoms with E-state index in [2.05, 4.69) is 22.6 Å². The molecular weight excluding hydrogens is 368 g/mol. The molecule has 0 bridgehead atoms. The molecule has 0 aliphatic rings. The topological polar surface area (TPSA) is 35.2 Å². The zero-order valence-corrected chi connectivity index (χ0v) is 13.6. The van der Waals surface area contributed by atoms with Gasteiger partial charge in [-0.3, -0.25) is 0 Å². The molecule has 4 heteroatoms. The molecule has 2 N–H and O–H groups in total. The standard InChI is InChI=1S/C16H17FINO/c1-10(2)20-15-6-4-3-5-13(15)16(19)12-8-7-11(17)9-14(12)18/h3-10,16H,19H2,1-2H3. The maximum Gasteiger partial charge on any atom is 0.124 e. The lowest BCUT2D eigenvalue weighted by atomic mass is 9.98. The van der Waals surface area contributed by atoms with E-state index in [0.717, 1.165) is 20.4 Å². The molecule has 2 aromatic rings. The van der Waals surface area contributed by atoms with E-state index in [4.69, 9.17) is 10.5 Å². The number of hydrogen-bond acceptors (Lipinski definition) is 2. The molecule has 0 saturated heterocycles. The average molecular weight is 385 g/mol. The Morgan fingerprint density at radius 1 is 1.10 bits per heavy atom. The molecule has 2 aromatic carbocycles. The van der Waals surface area contributed by atoms with Crippen molar-refractivity contribution in [3.05, 3.63) is 63.0 Å². The summed E-state index contributed by atoms with van der Waals surface area (Å²) in [6.45, 7) is 3.95. The van der Waals surface area contributed by atoms with Gasteiger partial charge in [-0.05, 0) is 60.2 Å². The minimum atomic E-state index is -0.336. The van der Waals surface area contributed by atoms with Crippen molar-refractivity contribution in [2.45, 2.75) is 26.0 Å². The Hall–Kier alpha value is -1.14. The highest BCUT2D eigenvalue weighted by molar-refractivity contribution is 14.1. The molecule has 1 unspecified atom stereocenters. The van der Waals surface area contributed by atoms with Crippen molar-refractivity contribution in [2.75, 3.05) is 0 Å². The second kappa shape index (κ2) is 6.54. The van der Waals surface area contributed by atoms with Gasteiger partial charge in [0.2, 0.25) is 0 Å². The predicted octanol–water partition coefficient (Wildman–Crippen LogP) is 4.27. The zero-order valence-electron chi connectivity index (χ0n) is 11.4. The highest BCUT2D eigenvalue weighted by Gasteiger charge is 2.17. The van der Waals surface area contributed by atoms with Crippen LogP contribution in [-0.2, 0) is 0 Å². The van der Waals surface area contributed by atoms with E-state index < -0.39 is 0 Å². The Morgan fingerprint density at radius 3 is 2.45 bits per heavy atom. The van der Waals surface area contributed by atoms with Gasteiger partial charge >= 0.3 is 0 Å². The van der Waals surface area contributed by atoms with E-state index >= 15 is 0 Å². The van der Waals surface area contributed by atoms with Crippen LogP contribution in [0.5, 0.6) is 5.75 Å². The van der Waals surface area contributed by atoms with Gasteiger partial charge in [0.15, 0.2) is 0 Å². The van der Waals surface area contributed by atoms with Gasteiger partial charge in [-0.1, -0.05) is 24.3 Å². The lowest BCUT2D eigenvalue weighted by molar-refractivity contribution is 0.239. The molecule has 0 spiro atoms. The Kier molecular flexibility index (Phi) is 4.99. The van der Waals surface area contributed by atoms with Crippen LogP contribution in [0.25, 0.3) is 0 Å². The third-order valence-electron chi connectivity index (χ3n) is 2.91. The van der Waals surface area contributed by atoms with E-state index in [-0.39, 0.29) is 18.0 Å². The van der Waals surface area contributed by atoms with Crippen molar-refractivity contribution in [3.63, 3.8) is 0 Å². The van der Waals surface area contributed by atoms with E-state index in [1.54, 1.807) is 6.07 Å². The molecule has 0 saturated carbocycles. The Morgan fingerprint density at radius 2 is 1.80 bits per heavy atom. The SMILES string of the molecule is CC(C)Oc1ccccc1C(N)c1ccc(F)cc1I. The van der Waals surface area contributed by atoms with Gasteiger partial charge in [0, 0.05) is 9.13 Å². The minimum Gasteiger partial charge on any atom is -0.491 e. The molecule has 106 valence electrons. The summed E-state index contributed by atoms with van der Waals surface area (Å²) in [5, 5.41) is 0. The van der Waals surface area contributed by atoms with Gasteiger partial charge in [0.05, 0.1) is 12.1 Å². The van der Waals surface area contributed by atoms with Crippen LogP contribution in [0.15, 0.2) is 42.5 Å². The average Bonchev–Trinajstić information content (AvgIpc) is 2.38. The molecule has 1 atom stereocenters. The van der Waals surface area contributed by atoms with Gasteiger partial charge in [0.25, 0.3) is 0 Å². The molecular formula is C16H17FINO. The summed E-state index contributed by atoms with van der Waals surface area (Å²) >= 11 is 2.10. The number of hydrogen-bond donors (Lipinski definition) is 1. The summed E-state index contributed by atoms with van der Waals surface area (Å²) in [7, 11) is 0. The van der Waals surface area contributed by atoms with Crippen molar-refractivity contribution < 1.29 is 9.13 Å². The first kappa shape index (κ1) is 15.3. The van der Waals surface area contributed by atoms with Crippen molar-refractivity contribution in [1.82, 2.24) is 0 Å². The molecule has 0 amide bonds. The molecule has 0 aliphatic carbocycles. The third kappa shape index (κ3) is 3.49. The summed E-state index contributed by atoms with van der Waals surface area (Å²) in [5.41, 5.74) is 8.14. The van der Waals surface area contributed by atoms with Crippen molar-refractivity contribution in [3.8, 4) is 5.75 Å². The second-order valence-electron chi connectivity index (χ2n) is 4.85. The van der Waals surface area contributed by atoms with Gasteiger partial charge in [-0.25, -0.2) is 4.39 Å². The van der Waals surface area contributed by atoms with E-state index in [1.807, 2.05) is 38.1 Å². The predicted molar refractivity (Wildman–Crippen MR) is 87.4 cm³/mol. The lowest BCUT2D eigenvalue weighted by Gasteiger charge is -2.20. The summed E-state index contributed by atoms with van der Waals surface area (Å²) in [6.07, 6.45) is 0.0793. The van der Waals surface area contributed by atoms with Crippen molar-refractivity contribution in [2.24, 2.45) is 5.73 Å². The van der Waals surface area contributed by atoms with Crippen LogP contribution >= 0.6 is 22.6 Å². The van der Waals surface area contributed by atoms with Gasteiger partial charge in [-0.15, -0.1) is 0 Å². The summed E-state index contributed by atoms with van der Waals surface area (Å²) in [4.78, 5) is 0. The summed E-state index contributed by atoms with van der Waals surface area (Å²) in [6, 6.07) is 12.0. The molecule has 2 nitrogen and oxygen atoms in total. The number of para-hydroxylation sites is 1. The molecule has 0 fully saturated rings. The lowest BCUT2D eigenvalue weighted by Crippen LogP contribution is -2.16. The Balaban J connectivity index is 2.40. The van der Waals surface area contributed by atoms with Crippen LogP contribution in [0.3, 0.4) is 0 Å². The molecule has 0 radical (unpaired) electrons. The summed E-state index contributed by atoms with van der Waals surface area (Å²) < 4.78 is 19.8. The number of nitrogens with two attached hydrogens (primary N) is 1. The second-order valence-corrected chi connectivity index (χ2v) is 6.01. The first-order chi connectivity index (χ1) is 9.49. The minimum absolute atomic E-state index is 0.0793. The number of rotatable bonds is 4. The Labute approximate surface area is 132 Å². The zero-order chi connectivity index (χ0) is 14.7. The largest absolute Gasteiger partial charge is 0.491 e. The molecule has 20 heavy (non-hydrogen) atoms. The first-order valence-electron chi connectivity index (χ1n) is 6.45. The molecule has 0 aromatic heterocycles. The number of benzene rings is 2. The smallest absolute Gasteiger partial charge is 0.124 e. The van der Waals surface area contributed by atoms with Crippen LogP contribution in [0.2, 0.25) is 0 Å². The van der Waals surface area contributed by atoms with Crippen LogP contribution in [0, 0.1) is 9.39 Å². The molecule has 0 heterocycles. The number of halogens is 2. The fraction of sp³-hybridized carbons (Fsp3) is 0.250.